The van der Waals surface area contributed by atoms with Gasteiger partial charge in [0.1, 0.15) is 17.7 Å². The van der Waals surface area contributed by atoms with Gasteiger partial charge in [0.25, 0.3) is 0 Å². The molecule has 0 unspecified atom stereocenters. The predicted octanol–water partition coefficient (Wildman–Crippen LogP) is 2.11. The van der Waals surface area contributed by atoms with E-state index in [9.17, 15) is 9.59 Å². The Kier molecular flexibility index (Phi) is 2.27. The fourth-order valence-corrected chi connectivity index (χ4v) is 2.74. The van der Waals surface area contributed by atoms with Gasteiger partial charge in [-0.25, -0.2) is 15.0 Å². The molecule has 1 aromatic carbocycles. The van der Waals surface area contributed by atoms with Crippen molar-refractivity contribution in [3.8, 4) is 0 Å². The van der Waals surface area contributed by atoms with Crippen LogP contribution in [0.3, 0.4) is 0 Å². The quantitative estimate of drug-likeness (QED) is 0.491. The number of aryl methyl sites for hydroxylation is 1. The Morgan fingerprint density at radius 1 is 1.00 bits per heavy atom. The molecule has 0 spiro atoms. The lowest BCUT2D eigenvalue weighted by Crippen LogP contribution is -2.25. The number of carbonyl (C=O) groups excluding carboxylic acids is 2. The second-order valence-electron chi connectivity index (χ2n) is 4.92. The predicted molar refractivity (Wildman–Crippen MR) is 75.4 cm³/mol. The zero-order chi connectivity index (χ0) is 14.6. The van der Waals surface area contributed by atoms with Gasteiger partial charge in [0.15, 0.2) is 0 Å². The van der Waals surface area contributed by atoms with Crippen LogP contribution < -0.4 is 0 Å². The summed E-state index contributed by atoms with van der Waals surface area (Å²) < 4.78 is 0. The monoisotopic (exact) mass is 275 g/mol. The Hall–Kier alpha value is -2.95. The highest BCUT2D eigenvalue weighted by atomic mass is 16.1. The zero-order valence-electron chi connectivity index (χ0n) is 11.1. The van der Waals surface area contributed by atoms with Crippen LogP contribution in [0.5, 0.6) is 0 Å². The number of hydrogen-bond acceptors (Lipinski definition) is 5. The molecule has 1 aliphatic carbocycles. The molecule has 21 heavy (non-hydrogen) atoms. The van der Waals surface area contributed by atoms with Gasteiger partial charge in [0, 0.05) is 11.6 Å². The van der Waals surface area contributed by atoms with Crippen molar-refractivity contribution in [3.05, 3.63) is 64.9 Å². The third-order valence-corrected chi connectivity index (χ3v) is 3.77. The summed E-state index contributed by atoms with van der Waals surface area (Å²) in [5, 5.41) is 0.870. The third kappa shape index (κ3) is 1.48. The van der Waals surface area contributed by atoms with Gasteiger partial charge >= 0.3 is 0 Å². The molecule has 3 aromatic rings. The Morgan fingerprint density at radius 2 is 1.81 bits per heavy atom. The highest BCUT2D eigenvalue weighted by Crippen LogP contribution is 2.30. The normalized spacial score (nSPS) is 13.2. The molecule has 100 valence electrons. The van der Waals surface area contributed by atoms with Crippen LogP contribution in [0.4, 0.5) is 0 Å². The number of ketones is 2. The minimum atomic E-state index is -0.297. The summed E-state index contributed by atoms with van der Waals surface area (Å²) in [6.07, 6.45) is 2.65. The van der Waals surface area contributed by atoms with Gasteiger partial charge in [-0.1, -0.05) is 18.2 Å². The van der Waals surface area contributed by atoms with Gasteiger partial charge in [0.05, 0.1) is 16.6 Å². The van der Waals surface area contributed by atoms with Crippen LogP contribution in [-0.4, -0.2) is 26.5 Å². The molecule has 2 heterocycles. The molecular weight excluding hydrogens is 266 g/mol. The van der Waals surface area contributed by atoms with Crippen LogP contribution in [0.15, 0.2) is 36.8 Å². The first kappa shape index (κ1) is 11.8. The summed E-state index contributed by atoms with van der Waals surface area (Å²) in [6, 6.07) is 7.46. The lowest BCUT2D eigenvalue weighted by Gasteiger charge is -2.18. The average Bonchev–Trinajstić information content (AvgIpc) is 2.52. The number of rotatable bonds is 0. The first-order valence-electron chi connectivity index (χ1n) is 6.47. The summed E-state index contributed by atoms with van der Waals surface area (Å²) in [5.74, 6) is -0.563. The van der Waals surface area contributed by atoms with Gasteiger partial charge in [-0.2, -0.15) is 0 Å². The molecule has 2 aromatic heterocycles. The van der Waals surface area contributed by atoms with E-state index >= 15 is 0 Å². The summed E-state index contributed by atoms with van der Waals surface area (Å²) in [5.41, 5.74) is 2.39. The molecule has 0 saturated heterocycles. The van der Waals surface area contributed by atoms with E-state index in [4.69, 9.17) is 0 Å². The first-order chi connectivity index (χ1) is 10.2. The molecule has 0 atom stereocenters. The third-order valence-electron chi connectivity index (χ3n) is 3.77. The van der Waals surface area contributed by atoms with Gasteiger partial charge in [0.2, 0.25) is 11.6 Å². The summed E-state index contributed by atoms with van der Waals surface area (Å²) >= 11 is 0. The maximum absolute atomic E-state index is 12.6. The second kappa shape index (κ2) is 4.02. The van der Waals surface area contributed by atoms with E-state index in [1.807, 2.05) is 31.2 Å². The molecule has 0 amide bonds. The fraction of sp³-hybridized carbons (Fsp3) is 0.0625. The first-order valence-corrected chi connectivity index (χ1v) is 6.47. The van der Waals surface area contributed by atoms with Gasteiger partial charge in [-0.3, -0.25) is 9.59 Å². The van der Waals surface area contributed by atoms with Crippen molar-refractivity contribution < 1.29 is 9.59 Å². The van der Waals surface area contributed by atoms with Crippen molar-refractivity contribution in [1.29, 1.82) is 0 Å². The highest BCUT2D eigenvalue weighted by Gasteiger charge is 2.34. The van der Waals surface area contributed by atoms with Gasteiger partial charge in [-0.15, -0.1) is 0 Å². The molecule has 0 aliphatic heterocycles. The number of aromatic nitrogens is 3. The zero-order valence-corrected chi connectivity index (χ0v) is 11.1. The van der Waals surface area contributed by atoms with Crippen LogP contribution >= 0.6 is 0 Å². The van der Waals surface area contributed by atoms with Gasteiger partial charge < -0.3 is 0 Å². The lowest BCUT2D eigenvalue weighted by atomic mass is 9.87. The Morgan fingerprint density at radius 3 is 2.67 bits per heavy atom. The molecule has 1 aliphatic rings. The topological polar surface area (TPSA) is 72.8 Å². The fourth-order valence-electron chi connectivity index (χ4n) is 2.74. The van der Waals surface area contributed by atoms with Crippen LogP contribution in [0.2, 0.25) is 0 Å². The molecule has 5 heteroatoms. The van der Waals surface area contributed by atoms with E-state index in [1.165, 1.54) is 12.5 Å². The van der Waals surface area contributed by atoms with Crippen LogP contribution in [0.1, 0.15) is 37.7 Å². The second-order valence-corrected chi connectivity index (χ2v) is 4.92. The van der Waals surface area contributed by atoms with E-state index in [1.54, 1.807) is 0 Å². The molecular formula is C16H9N3O2. The maximum Gasteiger partial charge on any atom is 0.216 e. The van der Waals surface area contributed by atoms with Crippen molar-refractivity contribution in [2.24, 2.45) is 0 Å². The van der Waals surface area contributed by atoms with E-state index in [0.717, 1.165) is 10.9 Å². The summed E-state index contributed by atoms with van der Waals surface area (Å²) in [7, 11) is 0. The summed E-state index contributed by atoms with van der Waals surface area (Å²) in [6.45, 7) is 1.83. The molecule has 0 N–H and O–H groups in total. The molecule has 0 saturated carbocycles. The van der Waals surface area contributed by atoms with Crippen LogP contribution in [-0.2, 0) is 0 Å². The smallest absolute Gasteiger partial charge is 0.216 e. The average molecular weight is 275 g/mol. The Labute approximate surface area is 119 Å². The van der Waals surface area contributed by atoms with E-state index in [0.29, 0.717) is 11.1 Å². The number of pyridine rings is 1. The molecule has 0 radical (unpaired) electrons. The van der Waals surface area contributed by atoms with Crippen molar-refractivity contribution in [2.45, 2.75) is 6.92 Å². The standard InChI is InChI=1S/C16H9N3O2/c1-8-9-4-2-3-5-11(9)19-14-12(8)16(21)13-10(15(14)20)6-17-7-18-13/h2-7H,1H3. The molecule has 5 nitrogen and oxygen atoms in total. The van der Waals surface area contributed by atoms with E-state index < -0.39 is 0 Å². The van der Waals surface area contributed by atoms with Gasteiger partial charge in [-0.05, 0) is 18.6 Å². The minimum absolute atomic E-state index is 0.155. The van der Waals surface area contributed by atoms with Crippen LogP contribution in [0, 0.1) is 6.92 Å². The Bertz CT molecular complexity index is 947. The maximum atomic E-state index is 12.6. The SMILES string of the molecule is Cc1c2c(nc3ccccc13)C(=O)c1cncnc1C2=O. The number of para-hydroxylation sites is 1. The number of hydrogen-bond donors (Lipinski definition) is 0. The van der Waals surface area contributed by atoms with Crippen molar-refractivity contribution >= 4 is 22.5 Å². The number of carbonyl (C=O) groups is 2. The van der Waals surface area contributed by atoms with Crippen LogP contribution in [0.25, 0.3) is 10.9 Å². The number of fused-ring (bicyclic) bond motifs is 3. The van der Waals surface area contributed by atoms with E-state index in [2.05, 4.69) is 15.0 Å². The van der Waals surface area contributed by atoms with E-state index in [-0.39, 0.29) is 28.5 Å². The summed E-state index contributed by atoms with van der Waals surface area (Å²) in [4.78, 5) is 37.4. The lowest BCUT2D eigenvalue weighted by molar-refractivity contribution is 0.0971. The molecule has 4 rings (SSSR count). The number of benzene rings is 1. The minimum Gasteiger partial charge on any atom is -0.287 e. The highest BCUT2D eigenvalue weighted by molar-refractivity contribution is 6.28. The largest absolute Gasteiger partial charge is 0.287 e. The van der Waals surface area contributed by atoms with Crippen molar-refractivity contribution in [2.75, 3.05) is 0 Å². The Balaban J connectivity index is 2.14. The molecule has 0 bridgehead atoms. The number of nitrogens with zero attached hydrogens (tertiary/aromatic N) is 3. The molecule has 0 fully saturated rings. The van der Waals surface area contributed by atoms with Crippen molar-refractivity contribution in [1.82, 2.24) is 15.0 Å². The van der Waals surface area contributed by atoms with Crippen molar-refractivity contribution in [3.63, 3.8) is 0 Å².